The molecule has 3 aliphatic rings. The lowest BCUT2D eigenvalue weighted by Gasteiger charge is -2.33. The van der Waals surface area contributed by atoms with Crippen LogP contribution in [0.25, 0.3) is 0 Å². The Labute approximate surface area is 169 Å². The van der Waals surface area contributed by atoms with E-state index in [0.29, 0.717) is 43.7 Å². The summed E-state index contributed by atoms with van der Waals surface area (Å²) in [4.78, 5) is 52.3. The second-order valence-corrected chi connectivity index (χ2v) is 7.72. The van der Waals surface area contributed by atoms with E-state index in [1.54, 1.807) is 29.2 Å². The number of amides is 4. The maximum absolute atomic E-state index is 12.5. The number of hydrogen-bond donors (Lipinski definition) is 1. The monoisotopic (exact) mass is 399 g/mol. The number of hydrogen-bond acceptors (Lipinski definition) is 5. The summed E-state index contributed by atoms with van der Waals surface area (Å²) in [6.45, 7) is 1.83. The molecule has 8 nitrogen and oxygen atoms in total. The van der Waals surface area contributed by atoms with Gasteiger partial charge in [-0.25, -0.2) is 0 Å². The van der Waals surface area contributed by atoms with E-state index >= 15 is 0 Å². The summed E-state index contributed by atoms with van der Waals surface area (Å²) in [5, 5.41) is 3.02. The SMILES string of the molecule is O=C(NC1CCN(C(=O)CCN2C(=O)c3ccccc3C2=O)CC1)C1CCCO1. The minimum Gasteiger partial charge on any atom is -0.368 e. The third kappa shape index (κ3) is 4.03. The van der Waals surface area contributed by atoms with Crippen LogP contribution in [0.15, 0.2) is 24.3 Å². The van der Waals surface area contributed by atoms with Gasteiger partial charge in [-0.15, -0.1) is 0 Å². The number of imide groups is 1. The van der Waals surface area contributed by atoms with Crippen LogP contribution in [0.5, 0.6) is 0 Å². The van der Waals surface area contributed by atoms with Crippen LogP contribution in [0.4, 0.5) is 0 Å². The van der Waals surface area contributed by atoms with Gasteiger partial charge >= 0.3 is 0 Å². The highest BCUT2D eigenvalue weighted by molar-refractivity contribution is 6.21. The first-order chi connectivity index (χ1) is 14.0. The Morgan fingerprint density at radius 3 is 2.28 bits per heavy atom. The van der Waals surface area contributed by atoms with Gasteiger partial charge in [0, 0.05) is 38.7 Å². The van der Waals surface area contributed by atoms with Gasteiger partial charge in [-0.1, -0.05) is 12.1 Å². The number of benzene rings is 1. The molecule has 1 N–H and O–H groups in total. The Bertz CT molecular complexity index is 790. The lowest BCUT2D eigenvalue weighted by atomic mass is 10.0. The molecule has 2 fully saturated rings. The summed E-state index contributed by atoms with van der Waals surface area (Å²) < 4.78 is 5.40. The van der Waals surface area contributed by atoms with Crippen molar-refractivity contribution in [2.24, 2.45) is 0 Å². The van der Waals surface area contributed by atoms with Crippen LogP contribution in [0.2, 0.25) is 0 Å². The number of rotatable bonds is 5. The Kier molecular flexibility index (Phi) is 5.62. The summed E-state index contributed by atoms with van der Waals surface area (Å²) in [7, 11) is 0. The first-order valence-corrected chi connectivity index (χ1v) is 10.2. The molecule has 0 aromatic heterocycles. The van der Waals surface area contributed by atoms with Crippen molar-refractivity contribution in [1.29, 1.82) is 0 Å². The summed E-state index contributed by atoms with van der Waals surface area (Å²) in [6, 6.07) is 6.76. The molecule has 29 heavy (non-hydrogen) atoms. The van der Waals surface area contributed by atoms with E-state index in [2.05, 4.69) is 5.32 Å². The van der Waals surface area contributed by atoms with Crippen LogP contribution in [0, 0.1) is 0 Å². The van der Waals surface area contributed by atoms with Crippen molar-refractivity contribution in [2.75, 3.05) is 26.2 Å². The van der Waals surface area contributed by atoms with Gasteiger partial charge in [0.1, 0.15) is 6.10 Å². The zero-order valence-electron chi connectivity index (χ0n) is 16.3. The maximum Gasteiger partial charge on any atom is 0.261 e. The number of carbonyl (C=O) groups excluding carboxylic acids is 4. The molecule has 1 aromatic carbocycles. The fraction of sp³-hybridized carbons (Fsp3) is 0.524. The Morgan fingerprint density at radius 1 is 1.03 bits per heavy atom. The van der Waals surface area contributed by atoms with Gasteiger partial charge in [0.25, 0.3) is 11.8 Å². The number of fused-ring (bicyclic) bond motifs is 1. The molecule has 3 aliphatic heterocycles. The van der Waals surface area contributed by atoms with E-state index < -0.39 is 0 Å². The maximum atomic E-state index is 12.5. The third-order valence-corrected chi connectivity index (χ3v) is 5.84. The Hall–Kier alpha value is -2.74. The molecule has 0 bridgehead atoms. The highest BCUT2D eigenvalue weighted by Crippen LogP contribution is 2.23. The van der Waals surface area contributed by atoms with Crippen LogP contribution >= 0.6 is 0 Å². The summed E-state index contributed by atoms with van der Waals surface area (Å²) >= 11 is 0. The molecule has 0 saturated carbocycles. The van der Waals surface area contributed by atoms with Gasteiger partial charge in [0.2, 0.25) is 11.8 Å². The van der Waals surface area contributed by atoms with Crippen molar-refractivity contribution in [3.05, 3.63) is 35.4 Å². The molecule has 0 radical (unpaired) electrons. The number of likely N-dealkylation sites (tertiary alicyclic amines) is 1. The minimum atomic E-state index is -0.339. The minimum absolute atomic E-state index is 0.0481. The fourth-order valence-corrected chi connectivity index (χ4v) is 4.16. The average Bonchev–Trinajstić information content (AvgIpc) is 3.36. The van der Waals surface area contributed by atoms with E-state index in [1.807, 2.05) is 0 Å². The van der Waals surface area contributed by atoms with Gasteiger partial charge in [-0.05, 0) is 37.8 Å². The van der Waals surface area contributed by atoms with Crippen LogP contribution in [-0.2, 0) is 14.3 Å². The zero-order valence-corrected chi connectivity index (χ0v) is 16.3. The molecule has 154 valence electrons. The zero-order chi connectivity index (χ0) is 20.4. The topological polar surface area (TPSA) is 96.0 Å². The van der Waals surface area contributed by atoms with E-state index in [-0.39, 0.29) is 48.7 Å². The van der Waals surface area contributed by atoms with Crippen molar-refractivity contribution in [3.8, 4) is 0 Å². The second kappa shape index (κ2) is 8.32. The number of nitrogens with one attached hydrogen (secondary N) is 1. The summed E-state index contributed by atoms with van der Waals surface area (Å²) in [5.74, 6) is -0.814. The van der Waals surface area contributed by atoms with Crippen molar-refractivity contribution in [2.45, 2.75) is 44.2 Å². The standard InChI is InChI=1S/C21H25N3O5/c25-18(9-12-24-20(27)15-4-1-2-5-16(15)21(24)28)23-10-7-14(8-11-23)22-19(26)17-6-3-13-29-17/h1-2,4-5,14,17H,3,6-13H2,(H,22,26). The lowest BCUT2D eigenvalue weighted by molar-refractivity contribution is -0.133. The highest BCUT2D eigenvalue weighted by Gasteiger charge is 2.35. The fourth-order valence-electron chi connectivity index (χ4n) is 4.16. The molecule has 1 aromatic rings. The number of nitrogens with zero attached hydrogens (tertiary/aromatic N) is 2. The molecule has 0 spiro atoms. The quantitative estimate of drug-likeness (QED) is 0.744. The molecular weight excluding hydrogens is 374 g/mol. The third-order valence-electron chi connectivity index (χ3n) is 5.84. The van der Waals surface area contributed by atoms with E-state index in [1.165, 1.54) is 0 Å². The average molecular weight is 399 g/mol. The van der Waals surface area contributed by atoms with Crippen molar-refractivity contribution in [1.82, 2.24) is 15.1 Å². The first kappa shape index (κ1) is 19.6. The van der Waals surface area contributed by atoms with Crippen molar-refractivity contribution < 1.29 is 23.9 Å². The molecule has 2 saturated heterocycles. The van der Waals surface area contributed by atoms with E-state index in [4.69, 9.17) is 4.74 Å². The normalized spacial score (nSPS) is 22.1. The van der Waals surface area contributed by atoms with Crippen LogP contribution < -0.4 is 5.32 Å². The number of ether oxygens (including phenoxy) is 1. The molecule has 3 heterocycles. The van der Waals surface area contributed by atoms with E-state index in [0.717, 1.165) is 17.7 Å². The molecule has 1 unspecified atom stereocenters. The number of piperidine rings is 1. The van der Waals surface area contributed by atoms with Gasteiger partial charge in [0.15, 0.2) is 0 Å². The smallest absolute Gasteiger partial charge is 0.261 e. The van der Waals surface area contributed by atoms with Gasteiger partial charge < -0.3 is 15.0 Å². The Morgan fingerprint density at radius 2 is 1.69 bits per heavy atom. The van der Waals surface area contributed by atoms with E-state index in [9.17, 15) is 19.2 Å². The van der Waals surface area contributed by atoms with Gasteiger partial charge in [-0.3, -0.25) is 24.1 Å². The molecule has 8 heteroatoms. The first-order valence-electron chi connectivity index (χ1n) is 10.2. The van der Waals surface area contributed by atoms with Crippen LogP contribution in [0.1, 0.15) is 52.8 Å². The highest BCUT2D eigenvalue weighted by atomic mass is 16.5. The Balaban J connectivity index is 1.23. The largest absolute Gasteiger partial charge is 0.368 e. The van der Waals surface area contributed by atoms with Crippen molar-refractivity contribution >= 4 is 23.6 Å². The molecule has 4 rings (SSSR count). The molecule has 4 amide bonds. The second-order valence-electron chi connectivity index (χ2n) is 7.72. The predicted octanol–water partition coefficient (Wildman–Crippen LogP) is 0.959. The van der Waals surface area contributed by atoms with Crippen LogP contribution in [0.3, 0.4) is 0 Å². The molecule has 1 atom stereocenters. The lowest BCUT2D eigenvalue weighted by Crippen LogP contribution is -2.49. The summed E-state index contributed by atoms with van der Waals surface area (Å²) in [5.41, 5.74) is 0.792. The molecular formula is C21H25N3O5. The van der Waals surface area contributed by atoms with Crippen LogP contribution in [-0.4, -0.2) is 71.8 Å². The van der Waals surface area contributed by atoms with Crippen molar-refractivity contribution in [3.63, 3.8) is 0 Å². The van der Waals surface area contributed by atoms with Gasteiger partial charge in [0.05, 0.1) is 11.1 Å². The van der Waals surface area contributed by atoms with Gasteiger partial charge in [-0.2, -0.15) is 0 Å². The predicted molar refractivity (Wildman–Crippen MR) is 103 cm³/mol. The molecule has 0 aliphatic carbocycles. The summed E-state index contributed by atoms with van der Waals surface area (Å²) in [6.07, 6.45) is 2.83. The number of carbonyl (C=O) groups is 4.